The van der Waals surface area contributed by atoms with E-state index in [0.29, 0.717) is 0 Å². The Morgan fingerprint density at radius 3 is 2.08 bits per heavy atom. The van der Waals surface area contributed by atoms with Crippen LogP contribution in [0.5, 0.6) is 0 Å². The van der Waals surface area contributed by atoms with Gasteiger partial charge < -0.3 is 15.5 Å². The van der Waals surface area contributed by atoms with Gasteiger partial charge in [-0.05, 0) is 12.8 Å². The van der Waals surface area contributed by atoms with E-state index in [2.05, 4.69) is 10.3 Å². The molecule has 1 rings (SSSR count). The molecule has 6 heteroatoms. The molecule has 0 heterocycles. The van der Waals surface area contributed by atoms with Gasteiger partial charge in [0.05, 0.1) is 0 Å². The van der Waals surface area contributed by atoms with Gasteiger partial charge in [-0.25, -0.2) is 4.79 Å². The van der Waals surface area contributed by atoms with Crippen LogP contribution in [-0.4, -0.2) is 32.9 Å². The van der Waals surface area contributed by atoms with E-state index in [4.69, 9.17) is 15.5 Å². The number of oxime groups is 2. The van der Waals surface area contributed by atoms with E-state index in [1.54, 1.807) is 0 Å². The van der Waals surface area contributed by atoms with Crippen molar-refractivity contribution in [2.75, 3.05) is 0 Å². The van der Waals surface area contributed by atoms with Crippen molar-refractivity contribution in [3.05, 3.63) is 0 Å². The van der Waals surface area contributed by atoms with Gasteiger partial charge in [-0.2, -0.15) is 0 Å². The maximum Gasteiger partial charge on any atom is 0.360 e. The fraction of sp³-hybridized carbons (Fsp3) is 0.500. The Kier molecular flexibility index (Phi) is 2.27. The Hall–Kier alpha value is -1.59. The number of hydrogen-bond acceptors (Lipinski definition) is 5. The fourth-order valence-electron chi connectivity index (χ4n) is 0.883. The number of rotatable bonds is 3. The van der Waals surface area contributed by atoms with E-state index in [1.807, 2.05) is 0 Å². The molecule has 0 atom stereocenters. The minimum Gasteiger partial charge on any atom is -0.476 e. The molecule has 0 aromatic rings. The van der Waals surface area contributed by atoms with E-state index in [9.17, 15) is 4.79 Å². The highest BCUT2D eigenvalue weighted by Gasteiger charge is 2.34. The molecule has 3 N–H and O–H groups in total. The van der Waals surface area contributed by atoms with Gasteiger partial charge in [-0.1, -0.05) is 10.3 Å². The first-order valence-corrected chi connectivity index (χ1v) is 3.38. The Balaban J connectivity index is 2.83. The van der Waals surface area contributed by atoms with Crippen LogP contribution < -0.4 is 0 Å². The highest BCUT2D eigenvalue weighted by molar-refractivity contribution is 6.65. The first kappa shape index (κ1) is 8.51. The van der Waals surface area contributed by atoms with Crippen molar-refractivity contribution in [1.29, 1.82) is 0 Å². The van der Waals surface area contributed by atoms with Crippen molar-refractivity contribution in [3.8, 4) is 0 Å². The predicted octanol–water partition coefficient (Wildman–Crippen LogP) is 0.141. The van der Waals surface area contributed by atoms with Crippen LogP contribution in [0.15, 0.2) is 10.3 Å². The normalized spacial score (nSPS) is 19.3. The van der Waals surface area contributed by atoms with Crippen LogP contribution in [0, 0.1) is 5.92 Å². The molecular weight excluding hydrogens is 164 g/mol. The largest absolute Gasteiger partial charge is 0.476 e. The number of hydrogen-bond donors (Lipinski definition) is 3. The van der Waals surface area contributed by atoms with Crippen LogP contribution in [0.25, 0.3) is 0 Å². The summed E-state index contributed by atoms with van der Waals surface area (Å²) < 4.78 is 0. The summed E-state index contributed by atoms with van der Waals surface area (Å²) in [7, 11) is 0. The van der Waals surface area contributed by atoms with Gasteiger partial charge in [-0.15, -0.1) is 0 Å². The van der Waals surface area contributed by atoms with Crippen LogP contribution in [0.4, 0.5) is 0 Å². The van der Waals surface area contributed by atoms with E-state index in [0.717, 1.165) is 12.8 Å². The Morgan fingerprint density at radius 1 is 1.25 bits per heavy atom. The van der Waals surface area contributed by atoms with Crippen LogP contribution in [0.2, 0.25) is 0 Å². The van der Waals surface area contributed by atoms with Gasteiger partial charge in [0.15, 0.2) is 0 Å². The molecule has 0 aromatic heterocycles. The first-order valence-electron chi connectivity index (χ1n) is 3.38. The number of carboxylic acid groups (broad SMARTS) is 1. The number of carboxylic acids is 1. The standard InChI is InChI=1S/C6H8N2O4/c9-6(10)5(8-12)4(7-11)3-1-2-3/h3,11-12H,1-2H2,(H,9,10). The summed E-state index contributed by atoms with van der Waals surface area (Å²) in [6.45, 7) is 0. The van der Waals surface area contributed by atoms with Gasteiger partial charge in [0.25, 0.3) is 0 Å². The summed E-state index contributed by atoms with van der Waals surface area (Å²) >= 11 is 0. The first-order chi connectivity index (χ1) is 5.70. The average Bonchev–Trinajstić information content (AvgIpc) is 2.81. The van der Waals surface area contributed by atoms with Crippen LogP contribution >= 0.6 is 0 Å². The molecule has 66 valence electrons. The summed E-state index contributed by atoms with van der Waals surface area (Å²) in [5, 5.41) is 30.5. The molecule has 0 unspecified atom stereocenters. The Morgan fingerprint density at radius 2 is 1.83 bits per heavy atom. The number of aliphatic carboxylic acids is 1. The van der Waals surface area contributed by atoms with Crippen LogP contribution in [-0.2, 0) is 4.79 Å². The highest BCUT2D eigenvalue weighted by atomic mass is 16.4. The molecule has 0 spiro atoms. The molecule has 1 aliphatic carbocycles. The molecule has 0 aliphatic heterocycles. The highest BCUT2D eigenvalue weighted by Crippen LogP contribution is 2.31. The molecule has 12 heavy (non-hydrogen) atoms. The lowest BCUT2D eigenvalue weighted by atomic mass is 10.1. The molecule has 1 saturated carbocycles. The molecule has 1 fully saturated rings. The Bertz CT molecular complexity index is 254. The molecule has 0 amide bonds. The van der Waals surface area contributed by atoms with Gasteiger partial charge in [0, 0.05) is 5.92 Å². The third-order valence-corrected chi connectivity index (χ3v) is 1.62. The molecule has 1 aliphatic rings. The second-order valence-electron chi connectivity index (χ2n) is 2.51. The summed E-state index contributed by atoms with van der Waals surface area (Å²) in [5.41, 5.74) is -0.634. The van der Waals surface area contributed by atoms with E-state index >= 15 is 0 Å². The zero-order valence-electron chi connectivity index (χ0n) is 6.14. The average molecular weight is 172 g/mol. The third-order valence-electron chi connectivity index (χ3n) is 1.62. The van der Waals surface area contributed by atoms with E-state index in [-0.39, 0.29) is 11.6 Å². The van der Waals surface area contributed by atoms with Gasteiger partial charge in [-0.3, -0.25) is 0 Å². The van der Waals surface area contributed by atoms with Crippen LogP contribution in [0.1, 0.15) is 12.8 Å². The molecule has 6 nitrogen and oxygen atoms in total. The Labute approximate surface area is 67.8 Å². The predicted molar refractivity (Wildman–Crippen MR) is 38.8 cm³/mol. The lowest BCUT2D eigenvalue weighted by molar-refractivity contribution is -0.129. The summed E-state index contributed by atoms with van der Waals surface area (Å²) in [6, 6.07) is 0. The molecule has 0 aromatic carbocycles. The zero-order valence-corrected chi connectivity index (χ0v) is 6.14. The lowest BCUT2D eigenvalue weighted by Gasteiger charge is -1.98. The zero-order chi connectivity index (χ0) is 9.14. The number of carbonyl (C=O) groups is 1. The molecule has 0 bridgehead atoms. The van der Waals surface area contributed by atoms with E-state index in [1.165, 1.54) is 0 Å². The minimum absolute atomic E-state index is 0.0509. The minimum atomic E-state index is -1.39. The second-order valence-corrected chi connectivity index (χ2v) is 2.51. The van der Waals surface area contributed by atoms with Crippen molar-refractivity contribution in [3.63, 3.8) is 0 Å². The number of nitrogens with zero attached hydrogens (tertiary/aromatic N) is 2. The van der Waals surface area contributed by atoms with Crippen LogP contribution in [0.3, 0.4) is 0 Å². The summed E-state index contributed by atoms with van der Waals surface area (Å²) in [5.74, 6) is -1.46. The molecule has 0 saturated heterocycles. The van der Waals surface area contributed by atoms with E-state index < -0.39 is 11.7 Å². The van der Waals surface area contributed by atoms with Gasteiger partial charge >= 0.3 is 5.97 Å². The molecular formula is C6H8N2O4. The van der Waals surface area contributed by atoms with Gasteiger partial charge in [0.2, 0.25) is 5.71 Å². The van der Waals surface area contributed by atoms with Crippen molar-refractivity contribution in [2.45, 2.75) is 12.8 Å². The monoisotopic (exact) mass is 172 g/mol. The van der Waals surface area contributed by atoms with Crippen molar-refractivity contribution < 1.29 is 20.3 Å². The second kappa shape index (κ2) is 3.21. The summed E-state index contributed by atoms with van der Waals surface area (Å²) in [4.78, 5) is 10.4. The summed E-state index contributed by atoms with van der Waals surface area (Å²) in [6.07, 6.45) is 1.54. The topological polar surface area (TPSA) is 102 Å². The fourth-order valence-corrected chi connectivity index (χ4v) is 0.883. The third kappa shape index (κ3) is 1.52. The van der Waals surface area contributed by atoms with Crippen molar-refractivity contribution in [1.82, 2.24) is 0 Å². The van der Waals surface area contributed by atoms with Crippen molar-refractivity contribution in [2.24, 2.45) is 16.2 Å². The maximum absolute atomic E-state index is 10.4. The smallest absolute Gasteiger partial charge is 0.360 e. The van der Waals surface area contributed by atoms with Gasteiger partial charge in [0.1, 0.15) is 5.71 Å². The maximum atomic E-state index is 10.4. The quantitative estimate of drug-likeness (QED) is 0.320. The lowest BCUT2D eigenvalue weighted by Crippen LogP contribution is -2.25. The van der Waals surface area contributed by atoms with Crippen molar-refractivity contribution >= 4 is 17.4 Å². The SMILES string of the molecule is O=C(O)C(=NO)C(=NO)C1CC1. The molecule has 0 radical (unpaired) electrons.